The molecule has 9 heteroatoms. The summed E-state index contributed by atoms with van der Waals surface area (Å²) >= 11 is 7.64. The van der Waals surface area contributed by atoms with E-state index in [1.165, 1.54) is 17.3 Å². The quantitative estimate of drug-likeness (QED) is 0.800. The van der Waals surface area contributed by atoms with Crippen LogP contribution in [0.4, 0.5) is 5.95 Å². The van der Waals surface area contributed by atoms with Crippen LogP contribution >= 0.6 is 23.4 Å². The largest absolute Gasteiger partial charge is 0.354 e. The van der Waals surface area contributed by atoms with E-state index < -0.39 is 0 Å². The molecule has 1 N–H and O–H groups in total. The second-order valence-electron chi connectivity index (χ2n) is 3.34. The molecule has 0 aliphatic heterocycles. The fraction of sp³-hybridized carbons (Fsp3) is 0.444. The minimum absolute atomic E-state index is 0.128. The maximum absolute atomic E-state index is 5.84. The molecule has 0 saturated heterocycles. The lowest BCUT2D eigenvalue weighted by Crippen LogP contribution is -2.10. The zero-order valence-corrected chi connectivity index (χ0v) is 11.3. The van der Waals surface area contributed by atoms with Crippen LogP contribution in [0, 0.1) is 0 Å². The minimum atomic E-state index is 0.128. The first-order valence-corrected chi connectivity index (χ1v) is 7.06. The van der Waals surface area contributed by atoms with Crippen molar-refractivity contribution in [3.63, 3.8) is 0 Å². The number of nitrogens with zero attached hydrogens (tertiary/aromatic N) is 6. The van der Waals surface area contributed by atoms with Crippen molar-refractivity contribution in [3.05, 3.63) is 17.9 Å². The van der Waals surface area contributed by atoms with Gasteiger partial charge in [0.25, 0.3) is 5.95 Å². The van der Waals surface area contributed by atoms with Crippen molar-refractivity contribution >= 4 is 29.3 Å². The normalized spacial score (nSPS) is 10.6. The number of hydrogen-bond acceptors (Lipinski definition) is 7. The molecule has 0 aromatic carbocycles. The third-order valence-corrected chi connectivity index (χ3v) is 2.89. The van der Waals surface area contributed by atoms with Crippen molar-refractivity contribution in [2.24, 2.45) is 0 Å². The van der Waals surface area contributed by atoms with Crippen molar-refractivity contribution in [1.29, 1.82) is 0 Å². The van der Waals surface area contributed by atoms with E-state index in [1.807, 2.05) is 0 Å². The summed E-state index contributed by atoms with van der Waals surface area (Å²) in [7, 11) is 0. The molecule has 2 aromatic rings. The highest BCUT2D eigenvalue weighted by molar-refractivity contribution is 7.98. The summed E-state index contributed by atoms with van der Waals surface area (Å²) in [6.07, 6.45) is 6.01. The number of aromatic nitrogens is 6. The van der Waals surface area contributed by atoms with Gasteiger partial charge in [0.15, 0.2) is 0 Å². The zero-order valence-electron chi connectivity index (χ0n) is 9.75. The highest BCUT2D eigenvalue weighted by Crippen LogP contribution is 2.08. The monoisotopic (exact) mass is 285 g/mol. The Hall–Kier alpha value is -1.41. The lowest BCUT2D eigenvalue weighted by molar-refractivity contribution is 0.792. The topological polar surface area (TPSA) is 81.4 Å². The van der Waals surface area contributed by atoms with Gasteiger partial charge in [-0.2, -0.15) is 36.5 Å². The van der Waals surface area contributed by atoms with E-state index in [-0.39, 0.29) is 5.28 Å². The molecule has 2 heterocycles. The van der Waals surface area contributed by atoms with E-state index >= 15 is 0 Å². The molecule has 0 radical (unpaired) electrons. The molecule has 0 aliphatic carbocycles. The summed E-state index contributed by atoms with van der Waals surface area (Å²) in [5.41, 5.74) is 0. The maximum atomic E-state index is 5.84. The van der Waals surface area contributed by atoms with Crippen LogP contribution in [-0.2, 0) is 0 Å². The second kappa shape index (κ2) is 6.50. The highest BCUT2D eigenvalue weighted by Gasteiger charge is 2.06. The van der Waals surface area contributed by atoms with Crippen LogP contribution < -0.4 is 5.32 Å². The van der Waals surface area contributed by atoms with Crippen molar-refractivity contribution < 1.29 is 0 Å². The first kappa shape index (κ1) is 13.0. The van der Waals surface area contributed by atoms with Gasteiger partial charge in [0.1, 0.15) is 12.7 Å². The third kappa shape index (κ3) is 3.54. The molecule has 0 spiro atoms. The Morgan fingerprint density at radius 1 is 1.39 bits per heavy atom. The first-order chi connectivity index (χ1) is 8.79. The van der Waals surface area contributed by atoms with Gasteiger partial charge in [-0.1, -0.05) is 0 Å². The number of thioether (sulfide) groups is 1. The van der Waals surface area contributed by atoms with Crippen molar-refractivity contribution in [2.75, 3.05) is 23.9 Å². The van der Waals surface area contributed by atoms with Gasteiger partial charge in [-0.15, -0.1) is 0 Å². The number of rotatable bonds is 6. The smallest absolute Gasteiger partial charge is 0.258 e. The second-order valence-corrected chi connectivity index (χ2v) is 4.66. The van der Waals surface area contributed by atoms with Crippen molar-refractivity contribution in [3.8, 4) is 5.95 Å². The van der Waals surface area contributed by atoms with Gasteiger partial charge in [0, 0.05) is 6.54 Å². The van der Waals surface area contributed by atoms with Crippen LogP contribution in [0.1, 0.15) is 6.42 Å². The van der Waals surface area contributed by atoms with Gasteiger partial charge in [-0.25, -0.2) is 4.98 Å². The lowest BCUT2D eigenvalue weighted by Gasteiger charge is -2.05. The molecule has 0 amide bonds. The maximum Gasteiger partial charge on any atom is 0.258 e. The molecule has 7 nitrogen and oxygen atoms in total. The Morgan fingerprint density at radius 2 is 2.28 bits per heavy atom. The van der Waals surface area contributed by atoms with Crippen molar-refractivity contribution in [1.82, 2.24) is 29.7 Å². The number of anilines is 1. The van der Waals surface area contributed by atoms with E-state index in [4.69, 9.17) is 11.6 Å². The molecular weight excluding hydrogens is 274 g/mol. The summed E-state index contributed by atoms with van der Waals surface area (Å²) in [6, 6.07) is 0. The van der Waals surface area contributed by atoms with Crippen LogP contribution in [0.15, 0.2) is 12.7 Å². The fourth-order valence-electron chi connectivity index (χ4n) is 1.25. The standard InChI is InChI=1S/C9H12ClN7S/c1-18-4-2-3-12-8-14-7(10)15-9(16-8)17-6-11-5-13-17/h5-6H,2-4H2,1H3,(H,12,14,15,16). The SMILES string of the molecule is CSCCCNc1nc(Cl)nc(-n2cncn2)n1. The van der Waals surface area contributed by atoms with Crippen LogP contribution in [0.5, 0.6) is 0 Å². The Balaban J connectivity index is 2.07. The van der Waals surface area contributed by atoms with Crippen LogP contribution in [0.25, 0.3) is 5.95 Å². The summed E-state index contributed by atoms with van der Waals surface area (Å²) in [5, 5.41) is 7.17. The van der Waals surface area contributed by atoms with E-state index in [1.54, 1.807) is 11.8 Å². The Kier molecular flexibility index (Phi) is 4.71. The summed E-state index contributed by atoms with van der Waals surface area (Å²) in [5.74, 6) is 1.88. The fourth-order valence-corrected chi connectivity index (χ4v) is 1.84. The average Bonchev–Trinajstić information content (AvgIpc) is 2.88. The van der Waals surface area contributed by atoms with Crippen LogP contribution in [0.3, 0.4) is 0 Å². The molecule has 2 aromatic heterocycles. The summed E-state index contributed by atoms with van der Waals surface area (Å²) in [6.45, 7) is 0.790. The molecule has 0 atom stereocenters. The third-order valence-electron chi connectivity index (χ3n) is 2.03. The summed E-state index contributed by atoms with van der Waals surface area (Å²) in [4.78, 5) is 16.0. The van der Waals surface area contributed by atoms with Crippen LogP contribution in [0.2, 0.25) is 5.28 Å². The van der Waals surface area contributed by atoms with E-state index in [9.17, 15) is 0 Å². The van der Waals surface area contributed by atoms with Crippen LogP contribution in [-0.4, -0.2) is 48.3 Å². The molecule has 0 bridgehead atoms. The van der Waals surface area contributed by atoms with Gasteiger partial charge in [-0.3, -0.25) is 0 Å². The molecule has 18 heavy (non-hydrogen) atoms. The first-order valence-electron chi connectivity index (χ1n) is 5.29. The van der Waals surface area contributed by atoms with Gasteiger partial charge in [0.05, 0.1) is 0 Å². The van der Waals surface area contributed by atoms with Gasteiger partial charge < -0.3 is 5.32 Å². The lowest BCUT2D eigenvalue weighted by atomic mass is 10.5. The van der Waals surface area contributed by atoms with Gasteiger partial charge >= 0.3 is 0 Å². The molecule has 2 rings (SSSR count). The number of hydrogen-bond donors (Lipinski definition) is 1. The Labute approximate surface area is 113 Å². The van der Waals surface area contributed by atoms with Gasteiger partial charge in [-0.05, 0) is 30.0 Å². The average molecular weight is 286 g/mol. The molecule has 0 unspecified atom stereocenters. The molecule has 0 aliphatic rings. The minimum Gasteiger partial charge on any atom is -0.354 e. The zero-order chi connectivity index (χ0) is 12.8. The molecular formula is C9H12ClN7S. The molecule has 0 fully saturated rings. The van der Waals surface area contributed by atoms with E-state index in [2.05, 4.69) is 36.6 Å². The number of nitrogens with one attached hydrogen (secondary N) is 1. The van der Waals surface area contributed by atoms with Crippen molar-refractivity contribution in [2.45, 2.75) is 6.42 Å². The predicted octanol–water partition coefficient (Wildman–Crippen LogP) is 1.27. The Bertz CT molecular complexity index is 490. The van der Waals surface area contributed by atoms with E-state index in [0.717, 1.165) is 18.7 Å². The molecule has 96 valence electrons. The van der Waals surface area contributed by atoms with E-state index in [0.29, 0.717) is 11.9 Å². The van der Waals surface area contributed by atoms with Gasteiger partial charge in [0.2, 0.25) is 11.2 Å². The summed E-state index contributed by atoms with van der Waals surface area (Å²) < 4.78 is 1.43. The predicted molar refractivity (Wildman–Crippen MR) is 71.2 cm³/mol. The Morgan fingerprint density at radius 3 is 3.00 bits per heavy atom. The molecule has 0 saturated carbocycles. The highest BCUT2D eigenvalue weighted by atomic mass is 35.5. The number of halogens is 1.